The molecule has 1 unspecified atom stereocenters. The molecule has 0 saturated carbocycles. The van der Waals surface area contributed by atoms with E-state index in [0.29, 0.717) is 17.1 Å². The number of carbonyl (C=O) groups is 2. The second kappa shape index (κ2) is 9.61. The van der Waals surface area contributed by atoms with Crippen LogP contribution < -0.4 is 9.47 Å². The standard InChI is InChI=1S/C27H24ClNO5/c1-16-6-4-8-18(12-16)24-23(25(30)21-14-20(34-3)10-11-22(21)28)26(31)27(32)29(24)15-17-7-5-9-19(13-17)33-2/h4-14,24,30H,15H2,1-3H3/b25-23+. The number of aliphatic hydroxyl groups is 1. The van der Waals surface area contributed by atoms with Gasteiger partial charge in [-0.3, -0.25) is 9.59 Å². The molecule has 0 aliphatic carbocycles. The lowest BCUT2D eigenvalue weighted by Gasteiger charge is -2.26. The number of benzene rings is 3. The number of aliphatic hydroxyl groups excluding tert-OH is 1. The van der Waals surface area contributed by atoms with E-state index in [1.807, 2.05) is 49.4 Å². The molecule has 1 aliphatic heterocycles. The number of hydrogen-bond donors (Lipinski definition) is 1. The molecule has 34 heavy (non-hydrogen) atoms. The quantitative estimate of drug-likeness (QED) is 0.296. The topological polar surface area (TPSA) is 76.1 Å². The summed E-state index contributed by atoms with van der Waals surface area (Å²) in [6.07, 6.45) is 0. The van der Waals surface area contributed by atoms with Gasteiger partial charge in [-0.05, 0) is 48.4 Å². The highest BCUT2D eigenvalue weighted by molar-refractivity contribution is 6.47. The molecule has 4 rings (SSSR count). The monoisotopic (exact) mass is 477 g/mol. The van der Waals surface area contributed by atoms with E-state index >= 15 is 0 Å². The number of likely N-dealkylation sites (tertiary alicyclic amines) is 1. The maximum atomic E-state index is 13.3. The number of ether oxygens (including phenoxy) is 2. The van der Waals surface area contributed by atoms with E-state index < -0.39 is 17.7 Å². The zero-order valence-electron chi connectivity index (χ0n) is 19.0. The number of nitrogens with zero attached hydrogens (tertiary/aromatic N) is 1. The molecule has 0 bridgehead atoms. The first kappa shape index (κ1) is 23.4. The van der Waals surface area contributed by atoms with Crippen LogP contribution in [0.5, 0.6) is 11.5 Å². The Hall–Kier alpha value is -3.77. The number of amides is 1. The molecule has 174 valence electrons. The fourth-order valence-electron chi connectivity index (χ4n) is 4.16. The molecule has 1 N–H and O–H groups in total. The molecule has 1 amide bonds. The highest BCUT2D eigenvalue weighted by Gasteiger charge is 2.46. The van der Waals surface area contributed by atoms with E-state index in [1.54, 1.807) is 31.4 Å². The zero-order chi connectivity index (χ0) is 24.4. The van der Waals surface area contributed by atoms with E-state index in [2.05, 4.69) is 0 Å². The molecular weight excluding hydrogens is 454 g/mol. The minimum Gasteiger partial charge on any atom is -0.507 e. The molecule has 0 spiro atoms. The van der Waals surface area contributed by atoms with E-state index in [-0.39, 0.29) is 28.5 Å². The van der Waals surface area contributed by atoms with E-state index in [1.165, 1.54) is 12.0 Å². The van der Waals surface area contributed by atoms with Crippen LogP contribution in [0.4, 0.5) is 0 Å². The van der Waals surface area contributed by atoms with Crippen molar-refractivity contribution in [1.29, 1.82) is 0 Å². The number of carbonyl (C=O) groups excluding carboxylic acids is 2. The molecule has 0 aromatic heterocycles. The van der Waals surface area contributed by atoms with Crippen molar-refractivity contribution in [3.8, 4) is 11.5 Å². The van der Waals surface area contributed by atoms with Gasteiger partial charge in [0.15, 0.2) is 0 Å². The highest BCUT2D eigenvalue weighted by atomic mass is 35.5. The first-order chi connectivity index (χ1) is 16.3. The summed E-state index contributed by atoms with van der Waals surface area (Å²) in [5.74, 6) is -0.712. The number of hydrogen-bond acceptors (Lipinski definition) is 5. The molecule has 1 heterocycles. The maximum Gasteiger partial charge on any atom is 0.295 e. The fourth-order valence-corrected chi connectivity index (χ4v) is 4.36. The van der Waals surface area contributed by atoms with Crippen LogP contribution in [0.25, 0.3) is 5.76 Å². The molecule has 1 aliphatic rings. The average Bonchev–Trinajstić information content (AvgIpc) is 3.09. The van der Waals surface area contributed by atoms with Crippen LogP contribution in [0.2, 0.25) is 5.02 Å². The minimum atomic E-state index is -0.798. The Balaban J connectivity index is 1.89. The fraction of sp³-hybridized carbons (Fsp3) is 0.185. The van der Waals surface area contributed by atoms with E-state index in [0.717, 1.165) is 11.1 Å². The summed E-state index contributed by atoms with van der Waals surface area (Å²) in [7, 11) is 3.06. The first-order valence-corrected chi connectivity index (χ1v) is 11.0. The number of ketones is 1. The van der Waals surface area contributed by atoms with Gasteiger partial charge in [0, 0.05) is 12.1 Å². The smallest absolute Gasteiger partial charge is 0.295 e. The Morgan fingerprint density at radius 1 is 0.971 bits per heavy atom. The molecule has 7 heteroatoms. The Morgan fingerprint density at radius 3 is 2.38 bits per heavy atom. The minimum absolute atomic E-state index is 0.0198. The number of Topliss-reactive ketones (excluding diaryl/α,β-unsaturated/α-hetero) is 1. The van der Waals surface area contributed by atoms with Crippen molar-refractivity contribution in [1.82, 2.24) is 4.90 Å². The van der Waals surface area contributed by atoms with E-state index in [4.69, 9.17) is 21.1 Å². The van der Waals surface area contributed by atoms with Crippen molar-refractivity contribution in [2.75, 3.05) is 14.2 Å². The zero-order valence-corrected chi connectivity index (χ0v) is 19.8. The lowest BCUT2D eigenvalue weighted by Crippen LogP contribution is -2.29. The Morgan fingerprint density at radius 2 is 1.68 bits per heavy atom. The molecule has 0 radical (unpaired) electrons. The van der Waals surface area contributed by atoms with E-state index in [9.17, 15) is 14.7 Å². The molecule has 1 saturated heterocycles. The van der Waals surface area contributed by atoms with Crippen molar-refractivity contribution < 1.29 is 24.2 Å². The highest BCUT2D eigenvalue weighted by Crippen LogP contribution is 2.42. The van der Waals surface area contributed by atoms with Gasteiger partial charge in [-0.2, -0.15) is 0 Å². The van der Waals surface area contributed by atoms with Gasteiger partial charge in [-0.15, -0.1) is 0 Å². The van der Waals surface area contributed by atoms with Crippen LogP contribution in [-0.2, 0) is 16.1 Å². The molecular formula is C27H24ClNO5. The Kier molecular flexibility index (Phi) is 6.61. The summed E-state index contributed by atoms with van der Waals surface area (Å²) in [5, 5.41) is 11.5. The van der Waals surface area contributed by atoms with Crippen molar-refractivity contribution in [2.45, 2.75) is 19.5 Å². The Bertz CT molecular complexity index is 1300. The SMILES string of the molecule is COc1cccc(CN2C(=O)C(=O)/C(=C(/O)c3cc(OC)ccc3Cl)C2c2cccc(C)c2)c1. The summed E-state index contributed by atoms with van der Waals surface area (Å²) >= 11 is 6.36. The van der Waals surface area contributed by atoms with Crippen molar-refractivity contribution in [3.63, 3.8) is 0 Å². The third-order valence-corrected chi connectivity index (χ3v) is 6.14. The van der Waals surface area contributed by atoms with Gasteiger partial charge < -0.3 is 19.5 Å². The van der Waals surface area contributed by atoms with Gasteiger partial charge >= 0.3 is 0 Å². The van der Waals surface area contributed by atoms with Crippen LogP contribution in [0, 0.1) is 6.92 Å². The summed E-state index contributed by atoms with van der Waals surface area (Å²) in [4.78, 5) is 28.0. The summed E-state index contributed by atoms with van der Waals surface area (Å²) < 4.78 is 10.6. The number of methoxy groups -OCH3 is 2. The van der Waals surface area contributed by atoms with Crippen LogP contribution in [0.3, 0.4) is 0 Å². The van der Waals surface area contributed by atoms with Gasteiger partial charge in [-0.1, -0.05) is 53.6 Å². The maximum absolute atomic E-state index is 13.3. The van der Waals surface area contributed by atoms with Gasteiger partial charge in [0.25, 0.3) is 11.7 Å². The van der Waals surface area contributed by atoms with Crippen molar-refractivity contribution >= 4 is 29.1 Å². The van der Waals surface area contributed by atoms with Crippen LogP contribution in [0.15, 0.2) is 72.3 Å². The lowest BCUT2D eigenvalue weighted by molar-refractivity contribution is -0.140. The predicted molar refractivity (Wildman–Crippen MR) is 130 cm³/mol. The molecule has 1 fully saturated rings. The number of aryl methyl sites for hydroxylation is 1. The van der Waals surface area contributed by atoms with Gasteiger partial charge in [0.2, 0.25) is 0 Å². The van der Waals surface area contributed by atoms with Gasteiger partial charge in [0.05, 0.1) is 30.9 Å². The molecule has 1 atom stereocenters. The second-order valence-corrected chi connectivity index (χ2v) is 8.45. The normalized spacial score (nSPS) is 17.2. The molecule has 6 nitrogen and oxygen atoms in total. The van der Waals surface area contributed by atoms with Crippen molar-refractivity contribution in [2.24, 2.45) is 0 Å². The predicted octanol–water partition coefficient (Wildman–Crippen LogP) is 5.29. The average molecular weight is 478 g/mol. The van der Waals surface area contributed by atoms with Gasteiger partial charge in [-0.25, -0.2) is 0 Å². The number of rotatable bonds is 6. The lowest BCUT2D eigenvalue weighted by atomic mass is 9.94. The largest absolute Gasteiger partial charge is 0.507 e. The third kappa shape index (κ3) is 4.37. The first-order valence-electron chi connectivity index (χ1n) is 10.7. The second-order valence-electron chi connectivity index (χ2n) is 8.04. The van der Waals surface area contributed by atoms with Crippen LogP contribution in [-0.4, -0.2) is 35.9 Å². The Labute approximate surface area is 203 Å². The number of halogens is 1. The van der Waals surface area contributed by atoms with Crippen LogP contribution in [0.1, 0.15) is 28.3 Å². The van der Waals surface area contributed by atoms with Crippen LogP contribution >= 0.6 is 11.6 Å². The van der Waals surface area contributed by atoms with Crippen molar-refractivity contribution in [3.05, 3.63) is 99.6 Å². The summed E-state index contributed by atoms with van der Waals surface area (Å²) in [5.41, 5.74) is 2.66. The summed E-state index contributed by atoms with van der Waals surface area (Å²) in [6.45, 7) is 2.08. The summed E-state index contributed by atoms with van der Waals surface area (Å²) in [6, 6.07) is 18.8. The van der Waals surface area contributed by atoms with Gasteiger partial charge in [0.1, 0.15) is 17.3 Å². The third-order valence-electron chi connectivity index (χ3n) is 5.81. The molecule has 3 aromatic carbocycles. The molecule has 3 aromatic rings.